The van der Waals surface area contributed by atoms with Gasteiger partial charge in [-0.1, -0.05) is 0 Å². The van der Waals surface area contributed by atoms with Crippen molar-refractivity contribution in [1.29, 1.82) is 0 Å². The first kappa shape index (κ1) is 18.2. The number of rotatable bonds is 7. The van der Waals surface area contributed by atoms with Crippen LogP contribution < -0.4 is 9.46 Å². The average Bonchev–Trinajstić information content (AvgIpc) is 3.30. The third-order valence-electron chi connectivity index (χ3n) is 4.44. The summed E-state index contributed by atoms with van der Waals surface area (Å²) >= 11 is 0. The maximum atomic E-state index is 12.5. The molecule has 1 unspecified atom stereocenters. The molecule has 7 heteroatoms. The van der Waals surface area contributed by atoms with Gasteiger partial charge in [0, 0.05) is 12.3 Å². The van der Waals surface area contributed by atoms with Crippen LogP contribution in [0.1, 0.15) is 50.4 Å². The van der Waals surface area contributed by atoms with Gasteiger partial charge in [0.25, 0.3) is 0 Å². The Morgan fingerprint density at radius 3 is 2.72 bits per heavy atom. The second kappa shape index (κ2) is 6.61. The molecule has 0 spiro atoms. The summed E-state index contributed by atoms with van der Waals surface area (Å²) in [4.78, 5) is 12.3. The van der Waals surface area contributed by atoms with E-state index in [0.29, 0.717) is 29.5 Å². The van der Waals surface area contributed by atoms with Gasteiger partial charge in [0.2, 0.25) is 10.0 Å². The van der Waals surface area contributed by atoms with Gasteiger partial charge >= 0.3 is 0 Å². The lowest BCUT2D eigenvalue weighted by Crippen LogP contribution is -2.36. The largest absolute Gasteiger partial charge is 0.487 e. The second-order valence-electron chi connectivity index (χ2n) is 7.39. The SMILES string of the molecule is CCOC(CS(=O)(=O)Nc1ccc2c(c1)C(=O)CC(C)(C)O2)C1CC1. The van der Waals surface area contributed by atoms with Crippen LogP contribution in [0.15, 0.2) is 18.2 Å². The third-order valence-corrected chi connectivity index (χ3v) is 5.75. The zero-order valence-electron chi connectivity index (χ0n) is 14.9. The lowest BCUT2D eigenvalue weighted by Gasteiger charge is -2.31. The van der Waals surface area contributed by atoms with Gasteiger partial charge in [-0.05, 0) is 57.7 Å². The molecule has 0 amide bonds. The van der Waals surface area contributed by atoms with Gasteiger partial charge in [-0.2, -0.15) is 0 Å². The molecular formula is C18H25NO5S. The van der Waals surface area contributed by atoms with E-state index >= 15 is 0 Å². The van der Waals surface area contributed by atoms with Crippen molar-refractivity contribution in [1.82, 2.24) is 0 Å². The minimum absolute atomic E-state index is 0.0440. The number of ketones is 1. The first-order valence-corrected chi connectivity index (χ1v) is 10.3. The molecule has 0 aromatic heterocycles. The molecule has 25 heavy (non-hydrogen) atoms. The fraction of sp³-hybridized carbons (Fsp3) is 0.611. The standard InChI is InChI=1S/C18H25NO5S/c1-4-23-17(12-5-6-12)11-25(21,22)19-13-7-8-16-14(9-13)15(20)10-18(2,3)24-16/h7-9,12,17,19H,4-6,10-11H2,1-3H3. The summed E-state index contributed by atoms with van der Waals surface area (Å²) in [5, 5.41) is 0. The Bertz CT molecular complexity index is 768. The van der Waals surface area contributed by atoms with Gasteiger partial charge in [0.05, 0.1) is 23.8 Å². The summed E-state index contributed by atoms with van der Waals surface area (Å²) in [5.41, 5.74) is 0.254. The molecular weight excluding hydrogens is 342 g/mol. The van der Waals surface area contributed by atoms with Gasteiger partial charge in [-0.3, -0.25) is 9.52 Å². The van der Waals surface area contributed by atoms with E-state index in [1.165, 1.54) is 0 Å². The molecule has 3 rings (SSSR count). The molecule has 0 bridgehead atoms. The Morgan fingerprint density at radius 1 is 1.36 bits per heavy atom. The predicted octanol–water partition coefficient (Wildman–Crippen LogP) is 2.99. The molecule has 1 aromatic carbocycles. The Hall–Kier alpha value is -1.60. The maximum absolute atomic E-state index is 12.5. The second-order valence-corrected chi connectivity index (χ2v) is 9.15. The highest BCUT2D eigenvalue weighted by Crippen LogP contribution is 2.36. The van der Waals surface area contributed by atoms with Crippen molar-refractivity contribution in [3.05, 3.63) is 23.8 Å². The van der Waals surface area contributed by atoms with Crippen LogP contribution in [-0.4, -0.2) is 38.3 Å². The summed E-state index contributed by atoms with van der Waals surface area (Å²) in [7, 11) is -3.56. The number of benzene rings is 1. The quantitative estimate of drug-likeness (QED) is 0.801. The number of sulfonamides is 1. The Labute approximate surface area is 148 Å². The lowest BCUT2D eigenvalue weighted by atomic mass is 9.93. The molecule has 0 radical (unpaired) electrons. The van der Waals surface area contributed by atoms with Crippen molar-refractivity contribution in [3.63, 3.8) is 0 Å². The zero-order valence-corrected chi connectivity index (χ0v) is 15.7. The average molecular weight is 367 g/mol. The topological polar surface area (TPSA) is 81.7 Å². The summed E-state index contributed by atoms with van der Waals surface area (Å²) in [6.07, 6.45) is 2.02. The van der Waals surface area contributed by atoms with Gasteiger partial charge in [0.15, 0.2) is 5.78 Å². The number of carbonyl (C=O) groups excluding carboxylic acids is 1. The summed E-state index contributed by atoms with van der Waals surface area (Å²) in [6.45, 7) is 6.08. The molecule has 1 N–H and O–H groups in total. The van der Waals surface area contributed by atoms with Crippen molar-refractivity contribution < 1.29 is 22.7 Å². The fourth-order valence-corrected chi connectivity index (χ4v) is 4.53. The third kappa shape index (κ3) is 4.52. The van der Waals surface area contributed by atoms with E-state index in [0.717, 1.165) is 12.8 Å². The number of fused-ring (bicyclic) bond motifs is 1. The lowest BCUT2D eigenvalue weighted by molar-refractivity contribution is 0.0618. The number of hydrogen-bond donors (Lipinski definition) is 1. The maximum Gasteiger partial charge on any atom is 0.235 e. The minimum atomic E-state index is -3.56. The van der Waals surface area contributed by atoms with Crippen molar-refractivity contribution >= 4 is 21.5 Å². The van der Waals surface area contributed by atoms with Crippen LogP contribution in [0.25, 0.3) is 0 Å². The zero-order chi connectivity index (χ0) is 18.2. The molecule has 138 valence electrons. The highest BCUT2D eigenvalue weighted by Gasteiger charge is 2.36. The fourth-order valence-electron chi connectivity index (χ4n) is 3.16. The Balaban J connectivity index is 1.74. The van der Waals surface area contributed by atoms with Crippen LogP contribution >= 0.6 is 0 Å². The van der Waals surface area contributed by atoms with Crippen molar-refractivity contribution in [2.24, 2.45) is 5.92 Å². The number of hydrogen-bond acceptors (Lipinski definition) is 5. The Morgan fingerprint density at radius 2 is 2.08 bits per heavy atom. The first-order chi connectivity index (χ1) is 11.7. The van der Waals surface area contributed by atoms with E-state index < -0.39 is 15.6 Å². The number of Topliss-reactive ketones (excluding diaryl/α,β-unsaturated/α-hetero) is 1. The van der Waals surface area contributed by atoms with E-state index in [2.05, 4.69) is 4.72 Å². The molecule has 1 saturated carbocycles. The minimum Gasteiger partial charge on any atom is -0.487 e. The smallest absolute Gasteiger partial charge is 0.235 e. The number of ether oxygens (including phenoxy) is 2. The normalized spacial score (nSPS) is 20.5. The summed E-state index contributed by atoms with van der Waals surface area (Å²) < 4.78 is 38.9. The molecule has 0 saturated heterocycles. The summed E-state index contributed by atoms with van der Waals surface area (Å²) in [5.74, 6) is 0.712. The van der Waals surface area contributed by atoms with Crippen LogP contribution in [0.3, 0.4) is 0 Å². The van der Waals surface area contributed by atoms with Crippen LogP contribution in [0.5, 0.6) is 5.75 Å². The molecule has 1 aliphatic heterocycles. The molecule has 1 aromatic rings. The molecule has 1 atom stereocenters. The Kier molecular flexibility index (Phi) is 4.81. The summed E-state index contributed by atoms with van der Waals surface area (Å²) in [6, 6.07) is 4.82. The molecule has 6 nitrogen and oxygen atoms in total. The van der Waals surface area contributed by atoms with Crippen molar-refractivity contribution in [2.45, 2.75) is 51.7 Å². The van der Waals surface area contributed by atoms with Crippen molar-refractivity contribution in [2.75, 3.05) is 17.1 Å². The molecule has 1 aliphatic carbocycles. The van der Waals surface area contributed by atoms with E-state index in [4.69, 9.17) is 9.47 Å². The molecule has 1 fully saturated rings. The van der Waals surface area contributed by atoms with Crippen LogP contribution in [0, 0.1) is 5.92 Å². The van der Waals surface area contributed by atoms with E-state index in [1.54, 1.807) is 18.2 Å². The number of nitrogens with one attached hydrogen (secondary N) is 1. The van der Waals surface area contributed by atoms with E-state index in [9.17, 15) is 13.2 Å². The molecule has 2 aliphatic rings. The highest BCUT2D eigenvalue weighted by atomic mass is 32.2. The first-order valence-electron chi connectivity index (χ1n) is 8.67. The highest BCUT2D eigenvalue weighted by molar-refractivity contribution is 7.92. The number of carbonyl (C=O) groups is 1. The van der Waals surface area contributed by atoms with Gasteiger partial charge in [-0.25, -0.2) is 8.42 Å². The van der Waals surface area contributed by atoms with Crippen molar-refractivity contribution in [3.8, 4) is 5.75 Å². The van der Waals surface area contributed by atoms with E-state index in [-0.39, 0.29) is 24.1 Å². The van der Waals surface area contributed by atoms with Gasteiger partial charge in [0.1, 0.15) is 11.4 Å². The van der Waals surface area contributed by atoms with Crippen LogP contribution in [0.4, 0.5) is 5.69 Å². The number of anilines is 1. The van der Waals surface area contributed by atoms with Gasteiger partial charge in [-0.15, -0.1) is 0 Å². The van der Waals surface area contributed by atoms with E-state index in [1.807, 2.05) is 20.8 Å². The van der Waals surface area contributed by atoms with Crippen LogP contribution in [-0.2, 0) is 14.8 Å². The van der Waals surface area contributed by atoms with Crippen LogP contribution in [0.2, 0.25) is 0 Å². The monoisotopic (exact) mass is 367 g/mol. The predicted molar refractivity (Wildman–Crippen MR) is 95.6 cm³/mol. The molecule has 1 heterocycles. The van der Waals surface area contributed by atoms with Gasteiger partial charge < -0.3 is 9.47 Å².